The minimum atomic E-state index is 0.119. The van der Waals surface area contributed by atoms with Gasteiger partial charge in [-0.1, -0.05) is 18.6 Å². The second-order valence-electron chi connectivity index (χ2n) is 7.95. The van der Waals surface area contributed by atoms with Crippen LogP contribution in [-0.2, 0) is 4.79 Å². The highest BCUT2D eigenvalue weighted by atomic mass is 16.3. The molecule has 1 aliphatic heterocycles. The molecule has 5 heteroatoms. The van der Waals surface area contributed by atoms with Crippen LogP contribution in [0.25, 0.3) is 22.6 Å². The second-order valence-corrected chi connectivity index (χ2v) is 7.95. The van der Waals surface area contributed by atoms with Gasteiger partial charge in [0.05, 0.1) is 0 Å². The molecule has 1 amide bonds. The molecule has 1 aliphatic carbocycles. The molecule has 3 aromatic rings. The van der Waals surface area contributed by atoms with Gasteiger partial charge in [-0.2, -0.15) is 0 Å². The summed E-state index contributed by atoms with van der Waals surface area (Å²) in [7, 11) is 0. The third kappa shape index (κ3) is 3.42. The zero-order valence-electron chi connectivity index (χ0n) is 15.9. The van der Waals surface area contributed by atoms with Crippen LogP contribution in [0, 0.1) is 5.92 Å². The van der Waals surface area contributed by atoms with Crippen LogP contribution < -0.4 is 5.32 Å². The summed E-state index contributed by atoms with van der Waals surface area (Å²) in [5.74, 6) is 0.860. The van der Waals surface area contributed by atoms with E-state index in [1.807, 2.05) is 48.5 Å². The number of carbonyl (C=O) groups is 1. The van der Waals surface area contributed by atoms with Crippen molar-refractivity contribution in [3.05, 3.63) is 48.5 Å². The lowest BCUT2D eigenvalue weighted by Crippen LogP contribution is -2.46. The van der Waals surface area contributed by atoms with E-state index in [0.29, 0.717) is 5.89 Å². The summed E-state index contributed by atoms with van der Waals surface area (Å²) in [5.41, 5.74) is 3.36. The summed E-state index contributed by atoms with van der Waals surface area (Å²) in [4.78, 5) is 19.7. The topological polar surface area (TPSA) is 58.4 Å². The van der Waals surface area contributed by atoms with E-state index in [1.54, 1.807) is 0 Å². The molecule has 0 bridgehead atoms. The molecule has 2 aliphatic rings. The number of rotatable bonds is 4. The third-order valence-electron chi connectivity index (χ3n) is 6.18. The Bertz CT molecular complexity index is 934. The SMILES string of the molecule is O=C(Nc1ccc(-c2nc3ccccc3o2)cc1)C1CCN(C2CCC2)CC1. The highest BCUT2D eigenvalue weighted by molar-refractivity contribution is 5.92. The minimum Gasteiger partial charge on any atom is -0.436 e. The first-order valence-corrected chi connectivity index (χ1v) is 10.3. The predicted octanol–water partition coefficient (Wildman–Crippen LogP) is 4.70. The Kier molecular flexibility index (Phi) is 4.61. The minimum absolute atomic E-state index is 0.119. The van der Waals surface area contributed by atoms with Gasteiger partial charge in [0.15, 0.2) is 5.58 Å². The van der Waals surface area contributed by atoms with Gasteiger partial charge in [-0.05, 0) is 75.2 Å². The monoisotopic (exact) mass is 375 g/mol. The molecule has 5 nitrogen and oxygen atoms in total. The van der Waals surface area contributed by atoms with Gasteiger partial charge in [0.25, 0.3) is 0 Å². The van der Waals surface area contributed by atoms with Crippen molar-refractivity contribution < 1.29 is 9.21 Å². The maximum Gasteiger partial charge on any atom is 0.227 e. The summed E-state index contributed by atoms with van der Waals surface area (Å²) in [6.45, 7) is 2.11. The Balaban J connectivity index is 1.20. The summed E-state index contributed by atoms with van der Waals surface area (Å²) in [5, 5.41) is 3.08. The number of likely N-dealkylation sites (tertiary alicyclic amines) is 1. The molecule has 1 saturated heterocycles. The Labute approximate surface area is 164 Å². The van der Waals surface area contributed by atoms with Crippen LogP contribution in [0.4, 0.5) is 5.69 Å². The number of benzene rings is 2. The number of anilines is 1. The van der Waals surface area contributed by atoms with Crippen molar-refractivity contribution in [2.24, 2.45) is 5.92 Å². The van der Waals surface area contributed by atoms with Crippen LogP contribution in [0.15, 0.2) is 52.9 Å². The van der Waals surface area contributed by atoms with Gasteiger partial charge in [0.1, 0.15) is 5.52 Å². The lowest BCUT2D eigenvalue weighted by molar-refractivity contribution is -0.121. The molecule has 1 saturated carbocycles. The fraction of sp³-hybridized carbons (Fsp3) is 0.391. The van der Waals surface area contributed by atoms with Crippen LogP contribution in [-0.4, -0.2) is 34.9 Å². The van der Waals surface area contributed by atoms with E-state index in [9.17, 15) is 4.79 Å². The van der Waals surface area contributed by atoms with E-state index in [0.717, 1.165) is 54.3 Å². The third-order valence-corrected chi connectivity index (χ3v) is 6.18. The first kappa shape index (κ1) is 17.4. The molecule has 1 aromatic heterocycles. The van der Waals surface area contributed by atoms with Crippen molar-refractivity contribution in [3.8, 4) is 11.5 Å². The smallest absolute Gasteiger partial charge is 0.227 e. The van der Waals surface area contributed by atoms with Gasteiger partial charge in [-0.25, -0.2) is 4.98 Å². The van der Waals surface area contributed by atoms with Crippen molar-refractivity contribution in [1.82, 2.24) is 9.88 Å². The number of hydrogen-bond acceptors (Lipinski definition) is 4. The fourth-order valence-corrected chi connectivity index (χ4v) is 4.21. The Morgan fingerprint density at radius 2 is 1.75 bits per heavy atom. The van der Waals surface area contributed by atoms with Gasteiger partial charge in [-0.3, -0.25) is 4.79 Å². The molecule has 5 rings (SSSR count). The van der Waals surface area contributed by atoms with Gasteiger partial charge in [0, 0.05) is 23.2 Å². The molecule has 28 heavy (non-hydrogen) atoms. The molecule has 0 radical (unpaired) electrons. The number of hydrogen-bond donors (Lipinski definition) is 1. The Morgan fingerprint density at radius 3 is 2.43 bits per heavy atom. The van der Waals surface area contributed by atoms with E-state index in [2.05, 4.69) is 15.2 Å². The number of oxazole rings is 1. The van der Waals surface area contributed by atoms with Gasteiger partial charge >= 0.3 is 0 Å². The number of carbonyl (C=O) groups excluding carboxylic acids is 1. The molecule has 2 aromatic carbocycles. The van der Waals surface area contributed by atoms with E-state index >= 15 is 0 Å². The Hall–Kier alpha value is -2.66. The van der Waals surface area contributed by atoms with Crippen molar-refractivity contribution in [2.45, 2.75) is 38.1 Å². The van der Waals surface area contributed by atoms with E-state index in [1.165, 1.54) is 19.3 Å². The zero-order chi connectivity index (χ0) is 18.9. The number of para-hydroxylation sites is 2. The maximum absolute atomic E-state index is 12.6. The van der Waals surface area contributed by atoms with Gasteiger partial charge in [-0.15, -0.1) is 0 Å². The lowest BCUT2D eigenvalue weighted by Gasteiger charge is -2.41. The first-order valence-electron chi connectivity index (χ1n) is 10.3. The highest BCUT2D eigenvalue weighted by Crippen LogP contribution is 2.30. The second kappa shape index (κ2) is 7.40. The molecular weight excluding hydrogens is 350 g/mol. The molecule has 2 fully saturated rings. The standard InChI is InChI=1S/C23H25N3O2/c27-22(16-12-14-26(15-13-16)19-4-3-5-19)24-18-10-8-17(9-11-18)23-25-20-6-1-2-7-21(20)28-23/h1-2,6-11,16,19H,3-5,12-15H2,(H,24,27). The largest absolute Gasteiger partial charge is 0.436 e. The number of piperidine rings is 1. The summed E-state index contributed by atoms with van der Waals surface area (Å²) in [6.07, 6.45) is 5.96. The normalized spacial score (nSPS) is 18.9. The van der Waals surface area contributed by atoms with E-state index < -0.39 is 0 Å². The van der Waals surface area contributed by atoms with Crippen LogP contribution in [0.1, 0.15) is 32.1 Å². The maximum atomic E-state index is 12.6. The van der Waals surface area contributed by atoms with Crippen molar-refractivity contribution in [1.29, 1.82) is 0 Å². The first-order chi connectivity index (χ1) is 13.8. The average Bonchev–Trinajstić information content (AvgIpc) is 3.12. The van der Waals surface area contributed by atoms with Gasteiger partial charge in [0.2, 0.25) is 11.8 Å². The molecule has 0 atom stereocenters. The molecule has 144 valence electrons. The number of fused-ring (bicyclic) bond motifs is 1. The number of nitrogens with one attached hydrogen (secondary N) is 1. The van der Waals surface area contributed by atoms with E-state index in [-0.39, 0.29) is 11.8 Å². The van der Waals surface area contributed by atoms with Crippen LogP contribution in [0.5, 0.6) is 0 Å². The predicted molar refractivity (Wildman–Crippen MR) is 110 cm³/mol. The molecule has 0 spiro atoms. The average molecular weight is 375 g/mol. The van der Waals surface area contributed by atoms with Crippen LogP contribution >= 0.6 is 0 Å². The number of aromatic nitrogens is 1. The van der Waals surface area contributed by atoms with Crippen molar-refractivity contribution in [2.75, 3.05) is 18.4 Å². The Morgan fingerprint density at radius 1 is 1.00 bits per heavy atom. The van der Waals surface area contributed by atoms with E-state index in [4.69, 9.17) is 4.42 Å². The number of nitrogens with zero attached hydrogens (tertiary/aromatic N) is 2. The van der Waals surface area contributed by atoms with Crippen molar-refractivity contribution in [3.63, 3.8) is 0 Å². The van der Waals surface area contributed by atoms with Crippen LogP contribution in [0.3, 0.4) is 0 Å². The van der Waals surface area contributed by atoms with Crippen LogP contribution in [0.2, 0.25) is 0 Å². The summed E-state index contributed by atoms with van der Waals surface area (Å²) < 4.78 is 5.81. The highest BCUT2D eigenvalue weighted by Gasteiger charge is 2.31. The number of amides is 1. The molecular formula is C23H25N3O2. The molecule has 1 N–H and O–H groups in total. The lowest BCUT2D eigenvalue weighted by atomic mass is 9.87. The van der Waals surface area contributed by atoms with Crippen molar-refractivity contribution >= 4 is 22.7 Å². The molecule has 0 unspecified atom stereocenters. The fourth-order valence-electron chi connectivity index (χ4n) is 4.21. The zero-order valence-corrected chi connectivity index (χ0v) is 15.9. The van der Waals surface area contributed by atoms with Gasteiger partial charge < -0.3 is 14.6 Å². The molecule has 2 heterocycles. The summed E-state index contributed by atoms with van der Waals surface area (Å²) in [6, 6.07) is 16.2. The quantitative estimate of drug-likeness (QED) is 0.718. The summed E-state index contributed by atoms with van der Waals surface area (Å²) >= 11 is 0.